The van der Waals surface area contributed by atoms with Gasteiger partial charge < -0.3 is 0 Å². The van der Waals surface area contributed by atoms with Crippen molar-refractivity contribution < 1.29 is 0 Å². The Labute approximate surface area is 262 Å². The van der Waals surface area contributed by atoms with Crippen molar-refractivity contribution in [1.82, 2.24) is 19.1 Å². The van der Waals surface area contributed by atoms with Crippen LogP contribution in [0.5, 0.6) is 0 Å². The van der Waals surface area contributed by atoms with E-state index in [0.29, 0.717) is 5.82 Å². The first-order chi connectivity index (χ1) is 21.8. The molecule has 1 aliphatic rings. The number of aryl methyl sites for hydroxylation is 2. The molecule has 0 fully saturated rings. The molecule has 7 aromatic rings. The highest BCUT2D eigenvalue weighted by Gasteiger charge is 2.36. The number of rotatable bonds is 4. The van der Waals surface area contributed by atoms with Gasteiger partial charge in [0.05, 0.1) is 22.4 Å². The van der Waals surface area contributed by atoms with Crippen LogP contribution in [0, 0.1) is 0 Å². The zero-order valence-electron chi connectivity index (χ0n) is 25.7. The van der Waals surface area contributed by atoms with Gasteiger partial charge in [0.25, 0.3) is 0 Å². The van der Waals surface area contributed by atoms with E-state index in [1.54, 1.807) is 9.13 Å². The molecule has 0 amide bonds. The number of fused-ring (bicyclic) bond motifs is 4. The Bertz CT molecular complexity index is 2330. The summed E-state index contributed by atoms with van der Waals surface area (Å²) in [5.74, 6) is 0.694. The van der Waals surface area contributed by atoms with Gasteiger partial charge in [-0.1, -0.05) is 123 Å². The molecule has 0 unspecified atom stereocenters. The van der Waals surface area contributed by atoms with Gasteiger partial charge in [-0.05, 0) is 39.9 Å². The average molecular weight is 585 g/mol. The molecule has 0 atom stereocenters. The molecule has 0 saturated carbocycles. The van der Waals surface area contributed by atoms with Crippen LogP contribution in [0.25, 0.3) is 67.2 Å². The molecular formula is C40H32N4O. The molecule has 0 radical (unpaired) electrons. The lowest BCUT2D eigenvalue weighted by atomic mass is 9.82. The van der Waals surface area contributed by atoms with E-state index >= 15 is 0 Å². The van der Waals surface area contributed by atoms with Crippen LogP contribution in [0.1, 0.15) is 25.0 Å². The summed E-state index contributed by atoms with van der Waals surface area (Å²) in [7, 11) is 3.65. The minimum Gasteiger partial charge on any atom is -0.295 e. The van der Waals surface area contributed by atoms with E-state index in [-0.39, 0.29) is 11.1 Å². The van der Waals surface area contributed by atoms with Crippen molar-refractivity contribution in [1.29, 1.82) is 0 Å². The topological polar surface area (TPSA) is 52.7 Å². The van der Waals surface area contributed by atoms with Crippen molar-refractivity contribution in [2.75, 3.05) is 0 Å². The molecule has 0 N–H and O–H groups in total. The second-order valence-electron chi connectivity index (χ2n) is 12.4. The number of hydrogen-bond acceptors (Lipinski definition) is 3. The third kappa shape index (κ3) is 4.11. The predicted molar refractivity (Wildman–Crippen MR) is 183 cm³/mol. The fourth-order valence-electron chi connectivity index (χ4n) is 7.05. The summed E-state index contributed by atoms with van der Waals surface area (Å²) in [4.78, 5) is 23.0. The third-order valence-corrected chi connectivity index (χ3v) is 9.42. The Kier molecular flexibility index (Phi) is 6.00. The van der Waals surface area contributed by atoms with Gasteiger partial charge in [-0.15, -0.1) is 0 Å². The van der Waals surface area contributed by atoms with E-state index in [9.17, 15) is 4.79 Å². The molecule has 5 heteroatoms. The molecule has 8 rings (SSSR count). The Morgan fingerprint density at radius 1 is 0.556 bits per heavy atom. The highest BCUT2D eigenvalue weighted by Crippen LogP contribution is 2.52. The third-order valence-electron chi connectivity index (χ3n) is 9.42. The minimum absolute atomic E-state index is 0.0329. The molecule has 5 nitrogen and oxygen atoms in total. The van der Waals surface area contributed by atoms with Gasteiger partial charge in [-0.3, -0.25) is 9.13 Å². The van der Waals surface area contributed by atoms with E-state index in [1.165, 1.54) is 22.3 Å². The van der Waals surface area contributed by atoms with E-state index in [0.717, 1.165) is 50.2 Å². The van der Waals surface area contributed by atoms with E-state index in [1.807, 2.05) is 44.4 Å². The number of aromatic nitrogens is 4. The van der Waals surface area contributed by atoms with Crippen molar-refractivity contribution in [2.45, 2.75) is 19.3 Å². The van der Waals surface area contributed by atoms with Crippen molar-refractivity contribution in [2.24, 2.45) is 14.1 Å². The van der Waals surface area contributed by atoms with Gasteiger partial charge in [0.15, 0.2) is 5.82 Å². The fourth-order valence-corrected chi connectivity index (χ4v) is 7.05. The Morgan fingerprint density at radius 2 is 1.18 bits per heavy atom. The standard InChI is InChI=1S/C40H32N4O/c1-40(2)31-17-9-8-14-29(31)36-30(16-10-18-32(36)40)34-24-33(41-38(42-34)27-12-6-5-7-13-27)26-22-20-25(21-23-26)28-15-11-19-35-37(28)44(4)39(45)43(35)3/h5-24H,1-4H3. The summed E-state index contributed by atoms with van der Waals surface area (Å²) >= 11 is 0. The maximum Gasteiger partial charge on any atom is 0.328 e. The highest BCUT2D eigenvalue weighted by atomic mass is 16.1. The molecule has 2 heterocycles. The number of imidazole rings is 1. The van der Waals surface area contributed by atoms with Gasteiger partial charge in [0.2, 0.25) is 0 Å². The van der Waals surface area contributed by atoms with Gasteiger partial charge in [-0.2, -0.15) is 0 Å². The monoisotopic (exact) mass is 584 g/mol. The van der Waals surface area contributed by atoms with Gasteiger partial charge in [0.1, 0.15) is 0 Å². The lowest BCUT2D eigenvalue weighted by Crippen LogP contribution is -2.19. The van der Waals surface area contributed by atoms with Crippen LogP contribution in [-0.4, -0.2) is 19.1 Å². The van der Waals surface area contributed by atoms with Crippen molar-refractivity contribution in [3.63, 3.8) is 0 Å². The SMILES string of the molecule is Cn1c(=O)n(C)c2c(-c3ccc(-c4cc(-c5cccc6c5-c5ccccc5C6(C)C)nc(-c5ccccc5)n4)cc3)cccc21. The van der Waals surface area contributed by atoms with E-state index < -0.39 is 0 Å². The number of nitrogens with zero attached hydrogens (tertiary/aromatic N) is 4. The summed E-state index contributed by atoms with van der Waals surface area (Å²) in [5, 5.41) is 0. The molecule has 5 aromatic carbocycles. The van der Waals surface area contributed by atoms with Gasteiger partial charge >= 0.3 is 5.69 Å². The first kappa shape index (κ1) is 27.0. The Morgan fingerprint density at radius 3 is 1.98 bits per heavy atom. The van der Waals surface area contributed by atoms with Crippen LogP contribution in [0.3, 0.4) is 0 Å². The van der Waals surface area contributed by atoms with Crippen LogP contribution < -0.4 is 5.69 Å². The summed E-state index contributed by atoms with van der Waals surface area (Å²) in [6.45, 7) is 4.61. The number of para-hydroxylation sites is 1. The summed E-state index contributed by atoms with van der Waals surface area (Å²) in [6.07, 6.45) is 0. The predicted octanol–water partition coefficient (Wildman–Crippen LogP) is 8.64. The Hall–Kier alpha value is -5.55. The molecule has 0 aliphatic heterocycles. The van der Waals surface area contributed by atoms with E-state index in [2.05, 4.69) is 105 Å². The summed E-state index contributed by atoms with van der Waals surface area (Å²) in [6, 6.07) is 42.1. The van der Waals surface area contributed by atoms with Gasteiger partial charge in [0, 0.05) is 41.8 Å². The molecule has 218 valence electrons. The zero-order valence-corrected chi connectivity index (χ0v) is 25.7. The number of hydrogen-bond donors (Lipinski definition) is 0. The molecule has 45 heavy (non-hydrogen) atoms. The van der Waals surface area contributed by atoms with Crippen molar-refractivity contribution in [3.8, 4) is 56.2 Å². The highest BCUT2D eigenvalue weighted by molar-refractivity contribution is 5.94. The maximum absolute atomic E-state index is 12.7. The second-order valence-corrected chi connectivity index (χ2v) is 12.4. The van der Waals surface area contributed by atoms with E-state index in [4.69, 9.17) is 9.97 Å². The molecule has 0 spiro atoms. The average Bonchev–Trinajstić information content (AvgIpc) is 3.46. The van der Waals surface area contributed by atoms with Crippen LogP contribution in [-0.2, 0) is 19.5 Å². The smallest absolute Gasteiger partial charge is 0.295 e. The van der Waals surface area contributed by atoms with Crippen LogP contribution in [0.4, 0.5) is 0 Å². The molecule has 1 aliphatic carbocycles. The summed E-state index contributed by atoms with van der Waals surface area (Å²) < 4.78 is 3.42. The molecule has 0 bridgehead atoms. The largest absolute Gasteiger partial charge is 0.328 e. The second kappa shape index (κ2) is 10.00. The lowest BCUT2D eigenvalue weighted by molar-refractivity contribution is 0.660. The maximum atomic E-state index is 12.7. The first-order valence-electron chi connectivity index (χ1n) is 15.3. The van der Waals surface area contributed by atoms with Crippen LogP contribution in [0.15, 0.2) is 126 Å². The van der Waals surface area contributed by atoms with Crippen molar-refractivity contribution >= 4 is 11.0 Å². The normalized spacial score (nSPS) is 13.2. The lowest BCUT2D eigenvalue weighted by Gasteiger charge is -2.21. The summed E-state index contributed by atoms with van der Waals surface area (Å²) in [5.41, 5.74) is 13.8. The number of benzene rings is 5. The van der Waals surface area contributed by atoms with Gasteiger partial charge in [-0.25, -0.2) is 14.8 Å². The minimum atomic E-state index is -0.0962. The molecule has 0 saturated heterocycles. The zero-order chi connectivity index (χ0) is 30.9. The van der Waals surface area contributed by atoms with Crippen LogP contribution in [0.2, 0.25) is 0 Å². The van der Waals surface area contributed by atoms with Crippen molar-refractivity contribution in [3.05, 3.63) is 143 Å². The fraction of sp³-hybridized carbons (Fsp3) is 0.125. The first-order valence-corrected chi connectivity index (χ1v) is 15.3. The molecular weight excluding hydrogens is 552 g/mol. The Balaban J connectivity index is 1.30. The van der Waals surface area contributed by atoms with Crippen LogP contribution >= 0.6 is 0 Å². The molecule has 2 aromatic heterocycles. The quantitative estimate of drug-likeness (QED) is 0.208.